The number of allylic oxidation sites excluding steroid dienone is 1. The second-order valence-corrected chi connectivity index (χ2v) is 5.32. The van der Waals surface area contributed by atoms with Crippen molar-refractivity contribution in [2.45, 2.75) is 34.1 Å². The van der Waals surface area contributed by atoms with Crippen LogP contribution in [0.15, 0.2) is 59.6 Å². The van der Waals surface area contributed by atoms with Crippen molar-refractivity contribution in [3.05, 3.63) is 76.9 Å². The zero-order chi connectivity index (χ0) is 15.2. The molecule has 0 atom stereocenters. The summed E-state index contributed by atoms with van der Waals surface area (Å²) >= 11 is 0. The molecule has 0 unspecified atom stereocenters. The SMILES string of the molecule is C/C=C(/N=C(CC)c1ccc(C)cc1)c1ccc(C)cc1. The molecule has 0 aromatic heterocycles. The van der Waals surface area contributed by atoms with E-state index in [4.69, 9.17) is 4.99 Å². The van der Waals surface area contributed by atoms with Crippen LogP contribution in [-0.4, -0.2) is 5.71 Å². The van der Waals surface area contributed by atoms with Crippen molar-refractivity contribution in [2.24, 2.45) is 4.99 Å². The van der Waals surface area contributed by atoms with E-state index in [2.05, 4.69) is 75.4 Å². The molecule has 0 aliphatic heterocycles. The lowest BCUT2D eigenvalue weighted by molar-refractivity contribution is 1.26. The molecule has 0 radical (unpaired) electrons. The molecule has 2 aromatic rings. The second kappa shape index (κ2) is 7.03. The summed E-state index contributed by atoms with van der Waals surface area (Å²) in [5.74, 6) is 0. The predicted octanol–water partition coefficient (Wildman–Crippen LogP) is 5.56. The Kier molecular flexibility index (Phi) is 5.10. The van der Waals surface area contributed by atoms with E-state index in [0.717, 1.165) is 17.8 Å². The van der Waals surface area contributed by atoms with Gasteiger partial charge >= 0.3 is 0 Å². The molecule has 1 heteroatoms. The molecular weight excluding hydrogens is 254 g/mol. The van der Waals surface area contributed by atoms with Gasteiger partial charge in [-0.25, -0.2) is 0 Å². The van der Waals surface area contributed by atoms with E-state index >= 15 is 0 Å². The largest absolute Gasteiger partial charge is 0.253 e. The van der Waals surface area contributed by atoms with Crippen LogP contribution in [0.25, 0.3) is 5.70 Å². The molecule has 0 N–H and O–H groups in total. The zero-order valence-electron chi connectivity index (χ0n) is 13.4. The maximum absolute atomic E-state index is 4.89. The second-order valence-electron chi connectivity index (χ2n) is 5.32. The van der Waals surface area contributed by atoms with Crippen molar-refractivity contribution in [1.82, 2.24) is 0 Å². The molecule has 0 saturated heterocycles. The Morgan fingerprint density at radius 3 is 1.76 bits per heavy atom. The van der Waals surface area contributed by atoms with Gasteiger partial charge in [-0.3, -0.25) is 4.99 Å². The number of aryl methyl sites for hydroxylation is 2. The number of hydrogen-bond donors (Lipinski definition) is 0. The summed E-state index contributed by atoms with van der Waals surface area (Å²) < 4.78 is 0. The standard InChI is InChI=1S/C20H23N/c1-5-19(17-11-7-15(3)8-12-17)21-20(6-2)18-13-9-16(4)10-14-18/h5,7-14H,6H2,1-4H3/b19-5+,21-20?. The Bertz CT molecular complexity index is 643. The molecule has 0 saturated carbocycles. The number of nitrogens with zero attached hydrogens (tertiary/aromatic N) is 1. The maximum Gasteiger partial charge on any atom is 0.0662 e. The van der Waals surface area contributed by atoms with Crippen LogP contribution in [0.4, 0.5) is 0 Å². The normalized spacial score (nSPS) is 12.6. The fourth-order valence-electron chi connectivity index (χ4n) is 2.26. The molecule has 0 amide bonds. The van der Waals surface area contributed by atoms with Gasteiger partial charge in [0.1, 0.15) is 0 Å². The molecule has 2 rings (SSSR count). The van der Waals surface area contributed by atoms with Gasteiger partial charge in [0.15, 0.2) is 0 Å². The van der Waals surface area contributed by atoms with Gasteiger partial charge < -0.3 is 0 Å². The van der Waals surface area contributed by atoms with Crippen LogP contribution >= 0.6 is 0 Å². The molecule has 21 heavy (non-hydrogen) atoms. The lowest BCUT2D eigenvalue weighted by atomic mass is 10.1. The fourth-order valence-corrected chi connectivity index (χ4v) is 2.26. The summed E-state index contributed by atoms with van der Waals surface area (Å²) in [5.41, 5.74) is 7.08. The molecule has 0 spiro atoms. The minimum Gasteiger partial charge on any atom is -0.253 e. The summed E-state index contributed by atoms with van der Waals surface area (Å²) in [4.78, 5) is 4.89. The Morgan fingerprint density at radius 1 is 0.857 bits per heavy atom. The highest BCUT2D eigenvalue weighted by atomic mass is 14.8. The van der Waals surface area contributed by atoms with Gasteiger partial charge in [-0.05, 0) is 38.3 Å². The number of benzene rings is 2. The molecule has 0 aliphatic rings. The topological polar surface area (TPSA) is 12.4 Å². The van der Waals surface area contributed by atoms with Crippen molar-refractivity contribution >= 4 is 11.4 Å². The fraction of sp³-hybridized carbons (Fsp3) is 0.250. The van der Waals surface area contributed by atoms with Crippen LogP contribution in [0.1, 0.15) is 42.5 Å². The number of hydrogen-bond acceptors (Lipinski definition) is 1. The lowest BCUT2D eigenvalue weighted by Gasteiger charge is -2.08. The summed E-state index contributed by atoms with van der Waals surface area (Å²) in [6.45, 7) is 8.41. The minimum absolute atomic E-state index is 0.923. The van der Waals surface area contributed by atoms with E-state index in [1.807, 2.05) is 6.92 Å². The Hall–Kier alpha value is -2.15. The quantitative estimate of drug-likeness (QED) is 0.648. The van der Waals surface area contributed by atoms with E-state index in [-0.39, 0.29) is 0 Å². The number of aliphatic imine (C=N–C) groups is 1. The van der Waals surface area contributed by atoms with Gasteiger partial charge in [0, 0.05) is 5.71 Å². The summed E-state index contributed by atoms with van der Waals surface area (Å²) in [6, 6.07) is 17.1. The van der Waals surface area contributed by atoms with Crippen molar-refractivity contribution < 1.29 is 0 Å². The monoisotopic (exact) mass is 277 g/mol. The molecule has 108 valence electrons. The molecule has 0 aliphatic carbocycles. The first-order valence-electron chi connectivity index (χ1n) is 7.52. The average molecular weight is 277 g/mol. The molecular formula is C20H23N. The third-order valence-corrected chi connectivity index (χ3v) is 3.60. The van der Waals surface area contributed by atoms with E-state index in [0.29, 0.717) is 0 Å². The third kappa shape index (κ3) is 3.91. The summed E-state index contributed by atoms with van der Waals surface area (Å²) in [6.07, 6.45) is 3.00. The van der Waals surface area contributed by atoms with Crippen molar-refractivity contribution in [3.63, 3.8) is 0 Å². The molecule has 0 fully saturated rings. The molecule has 2 aromatic carbocycles. The van der Waals surface area contributed by atoms with Crippen LogP contribution in [0.5, 0.6) is 0 Å². The van der Waals surface area contributed by atoms with Crippen LogP contribution < -0.4 is 0 Å². The Balaban J connectivity index is 2.37. The van der Waals surface area contributed by atoms with Gasteiger partial charge in [0.05, 0.1) is 5.70 Å². The average Bonchev–Trinajstić information content (AvgIpc) is 2.51. The number of rotatable bonds is 4. The highest BCUT2D eigenvalue weighted by Crippen LogP contribution is 2.19. The lowest BCUT2D eigenvalue weighted by Crippen LogP contribution is -2.00. The van der Waals surface area contributed by atoms with Crippen molar-refractivity contribution in [3.8, 4) is 0 Å². The van der Waals surface area contributed by atoms with Gasteiger partial charge in [0.2, 0.25) is 0 Å². The van der Waals surface area contributed by atoms with E-state index in [1.165, 1.54) is 22.3 Å². The first kappa shape index (κ1) is 15.2. The highest BCUT2D eigenvalue weighted by molar-refractivity contribution is 6.03. The summed E-state index contributed by atoms with van der Waals surface area (Å²) in [7, 11) is 0. The maximum atomic E-state index is 4.89. The first-order valence-corrected chi connectivity index (χ1v) is 7.52. The van der Waals surface area contributed by atoms with Crippen LogP contribution in [0.3, 0.4) is 0 Å². The zero-order valence-corrected chi connectivity index (χ0v) is 13.4. The Labute approximate surface area is 128 Å². The first-order chi connectivity index (χ1) is 10.1. The van der Waals surface area contributed by atoms with Crippen LogP contribution in [0, 0.1) is 13.8 Å². The van der Waals surface area contributed by atoms with E-state index in [9.17, 15) is 0 Å². The molecule has 1 nitrogen and oxygen atoms in total. The molecule has 0 heterocycles. The van der Waals surface area contributed by atoms with Crippen molar-refractivity contribution in [1.29, 1.82) is 0 Å². The van der Waals surface area contributed by atoms with Crippen molar-refractivity contribution in [2.75, 3.05) is 0 Å². The van der Waals surface area contributed by atoms with Gasteiger partial charge in [-0.2, -0.15) is 0 Å². The van der Waals surface area contributed by atoms with E-state index in [1.54, 1.807) is 0 Å². The summed E-state index contributed by atoms with van der Waals surface area (Å²) in [5, 5.41) is 0. The van der Waals surface area contributed by atoms with Gasteiger partial charge in [0.25, 0.3) is 0 Å². The molecule has 0 bridgehead atoms. The van der Waals surface area contributed by atoms with Gasteiger partial charge in [-0.1, -0.05) is 72.7 Å². The smallest absolute Gasteiger partial charge is 0.0662 e. The van der Waals surface area contributed by atoms with Gasteiger partial charge in [-0.15, -0.1) is 0 Å². The Morgan fingerprint density at radius 2 is 1.33 bits per heavy atom. The highest BCUT2D eigenvalue weighted by Gasteiger charge is 2.04. The minimum atomic E-state index is 0.923. The van der Waals surface area contributed by atoms with Crippen LogP contribution in [0.2, 0.25) is 0 Å². The predicted molar refractivity (Wildman–Crippen MR) is 92.8 cm³/mol. The van der Waals surface area contributed by atoms with E-state index < -0.39 is 0 Å². The third-order valence-electron chi connectivity index (χ3n) is 3.60. The van der Waals surface area contributed by atoms with Crippen LogP contribution in [-0.2, 0) is 0 Å².